The second kappa shape index (κ2) is 5.58. The average molecular weight is 303 g/mol. The molecule has 0 fully saturated rings. The van der Waals surface area contributed by atoms with Gasteiger partial charge in [-0.15, -0.1) is 0 Å². The van der Waals surface area contributed by atoms with Gasteiger partial charge in [-0.3, -0.25) is 14.9 Å². The van der Waals surface area contributed by atoms with Crippen LogP contribution in [0, 0.1) is 10.1 Å². The third-order valence-electron chi connectivity index (χ3n) is 1.94. The lowest BCUT2D eigenvalue weighted by atomic mass is 10.4. The molecule has 1 aromatic rings. The molecular formula is C9H11BrN4O3. The Balaban J connectivity index is 2.73. The van der Waals surface area contributed by atoms with Crippen LogP contribution in [0.2, 0.25) is 0 Å². The van der Waals surface area contributed by atoms with Crippen LogP contribution in [0.25, 0.3) is 0 Å². The van der Waals surface area contributed by atoms with Gasteiger partial charge in [0.25, 0.3) is 5.69 Å². The highest BCUT2D eigenvalue weighted by Crippen LogP contribution is 2.24. The Hall–Kier alpha value is -1.70. The molecule has 1 rings (SSSR count). The monoisotopic (exact) mass is 302 g/mol. The van der Waals surface area contributed by atoms with Crippen molar-refractivity contribution in [2.75, 3.05) is 26.0 Å². The predicted molar refractivity (Wildman–Crippen MR) is 65.8 cm³/mol. The molecule has 0 aliphatic carbocycles. The average Bonchev–Trinajstić information content (AvgIpc) is 2.26. The first-order chi connectivity index (χ1) is 7.91. The molecule has 0 saturated heterocycles. The quantitative estimate of drug-likeness (QED) is 0.668. The fourth-order valence-electron chi connectivity index (χ4n) is 0.975. The molecular weight excluding hydrogens is 292 g/mol. The first-order valence-electron chi connectivity index (χ1n) is 4.65. The van der Waals surface area contributed by atoms with Crippen molar-refractivity contribution in [3.05, 3.63) is 26.9 Å². The van der Waals surface area contributed by atoms with Gasteiger partial charge in [0.2, 0.25) is 5.91 Å². The number of hydrogen-bond acceptors (Lipinski definition) is 5. The van der Waals surface area contributed by atoms with E-state index in [4.69, 9.17) is 0 Å². The Morgan fingerprint density at radius 2 is 2.29 bits per heavy atom. The number of nitrogens with one attached hydrogen (secondary N) is 1. The highest BCUT2D eigenvalue weighted by molar-refractivity contribution is 9.10. The summed E-state index contributed by atoms with van der Waals surface area (Å²) in [5.41, 5.74) is -0.110. The first kappa shape index (κ1) is 13.4. The fourth-order valence-corrected chi connectivity index (χ4v) is 1.45. The zero-order chi connectivity index (χ0) is 13.0. The van der Waals surface area contributed by atoms with Gasteiger partial charge in [-0.25, -0.2) is 4.98 Å². The Morgan fingerprint density at radius 1 is 1.65 bits per heavy atom. The number of nitro groups is 1. The van der Waals surface area contributed by atoms with Crippen LogP contribution < -0.4 is 5.32 Å². The van der Waals surface area contributed by atoms with Crippen molar-refractivity contribution in [3.63, 3.8) is 0 Å². The molecule has 0 aliphatic rings. The molecule has 0 bridgehead atoms. The Bertz CT molecular complexity index is 450. The van der Waals surface area contributed by atoms with Gasteiger partial charge in [0, 0.05) is 20.2 Å². The first-order valence-corrected chi connectivity index (χ1v) is 5.45. The van der Waals surface area contributed by atoms with Crippen molar-refractivity contribution in [2.24, 2.45) is 0 Å². The smallest absolute Gasteiger partial charge is 0.288 e. The molecule has 0 atom stereocenters. The normalized spacial score (nSPS) is 9.82. The molecule has 0 unspecified atom stereocenters. The number of pyridine rings is 1. The molecule has 0 radical (unpaired) electrons. The van der Waals surface area contributed by atoms with E-state index in [2.05, 4.69) is 26.2 Å². The lowest BCUT2D eigenvalue weighted by Crippen LogP contribution is -2.28. The highest BCUT2D eigenvalue weighted by atomic mass is 79.9. The van der Waals surface area contributed by atoms with Crippen LogP contribution in [-0.2, 0) is 4.79 Å². The molecule has 1 amide bonds. The number of rotatable bonds is 4. The third kappa shape index (κ3) is 3.66. The van der Waals surface area contributed by atoms with Crippen molar-refractivity contribution < 1.29 is 9.72 Å². The van der Waals surface area contributed by atoms with E-state index in [1.807, 2.05) is 0 Å². The summed E-state index contributed by atoms with van der Waals surface area (Å²) in [5.74, 6) is 0.280. The maximum absolute atomic E-state index is 11.3. The second-order valence-electron chi connectivity index (χ2n) is 3.42. The zero-order valence-corrected chi connectivity index (χ0v) is 10.9. The number of aromatic nitrogens is 1. The Kier molecular flexibility index (Phi) is 4.38. The summed E-state index contributed by atoms with van der Waals surface area (Å²) in [6.45, 7) is 0.0798. The van der Waals surface area contributed by atoms with Gasteiger partial charge in [-0.05, 0) is 15.9 Å². The van der Waals surface area contributed by atoms with E-state index >= 15 is 0 Å². The molecule has 1 heterocycles. The Morgan fingerprint density at radius 3 is 2.76 bits per heavy atom. The summed E-state index contributed by atoms with van der Waals surface area (Å²) in [4.78, 5) is 26.6. The molecule has 92 valence electrons. The molecule has 8 heteroatoms. The number of carbonyl (C=O) groups excluding carboxylic acids is 1. The molecule has 0 spiro atoms. The maximum Gasteiger partial charge on any atom is 0.288 e. The van der Waals surface area contributed by atoms with Crippen LogP contribution in [0.3, 0.4) is 0 Å². The summed E-state index contributed by atoms with van der Waals surface area (Å²) in [7, 11) is 3.28. The van der Waals surface area contributed by atoms with E-state index in [0.29, 0.717) is 10.3 Å². The predicted octanol–water partition coefficient (Wildman–Crippen LogP) is 1.25. The van der Waals surface area contributed by atoms with Gasteiger partial charge in [-0.1, -0.05) is 0 Å². The summed E-state index contributed by atoms with van der Waals surface area (Å²) in [5, 5.41) is 13.3. The van der Waals surface area contributed by atoms with Gasteiger partial charge >= 0.3 is 0 Å². The van der Waals surface area contributed by atoms with E-state index in [9.17, 15) is 14.9 Å². The SMILES string of the molecule is CN(C)C(=O)CNc1ncc([N+](=O)[O-])cc1Br. The number of halogens is 1. The summed E-state index contributed by atoms with van der Waals surface area (Å²) < 4.78 is 0.443. The van der Waals surface area contributed by atoms with E-state index in [0.717, 1.165) is 6.20 Å². The molecule has 1 aromatic heterocycles. The fraction of sp³-hybridized carbons (Fsp3) is 0.333. The van der Waals surface area contributed by atoms with Crippen LogP contribution in [0.5, 0.6) is 0 Å². The third-order valence-corrected chi connectivity index (χ3v) is 2.55. The number of carbonyl (C=O) groups is 1. The zero-order valence-electron chi connectivity index (χ0n) is 9.31. The van der Waals surface area contributed by atoms with E-state index in [1.165, 1.54) is 11.0 Å². The molecule has 0 aliphatic heterocycles. The molecule has 0 saturated carbocycles. The van der Waals surface area contributed by atoms with Crippen molar-refractivity contribution in [1.29, 1.82) is 0 Å². The summed E-state index contributed by atoms with van der Waals surface area (Å²) in [6.07, 6.45) is 1.13. The van der Waals surface area contributed by atoms with Crippen molar-refractivity contribution in [3.8, 4) is 0 Å². The summed E-state index contributed by atoms with van der Waals surface area (Å²) >= 11 is 3.15. The second-order valence-corrected chi connectivity index (χ2v) is 4.28. The number of nitrogens with zero attached hydrogens (tertiary/aromatic N) is 3. The standard InChI is InChI=1S/C9H11BrN4O3/c1-13(2)8(15)5-12-9-7(10)3-6(4-11-9)14(16)17/h3-4H,5H2,1-2H3,(H,11,12). The van der Waals surface area contributed by atoms with E-state index in [1.54, 1.807) is 14.1 Å². The number of amides is 1. The van der Waals surface area contributed by atoms with Crippen molar-refractivity contribution in [1.82, 2.24) is 9.88 Å². The Labute approximate surface area is 106 Å². The lowest BCUT2D eigenvalue weighted by Gasteiger charge is -2.11. The maximum atomic E-state index is 11.3. The minimum absolute atomic E-state index is 0.0798. The molecule has 1 N–H and O–H groups in total. The number of hydrogen-bond donors (Lipinski definition) is 1. The van der Waals surface area contributed by atoms with E-state index in [-0.39, 0.29) is 18.1 Å². The van der Waals surface area contributed by atoms with Gasteiger partial charge in [0.1, 0.15) is 12.0 Å². The van der Waals surface area contributed by atoms with Gasteiger partial charge in [-0.2, -0.15) is 0 Å². The van der Waals surface area contributed by atoms with Crippen LogP contribution >= 0.6 is 15.9 Å². The number of anilines is 1. The number of likely N-dealkylation sites (N-methyl/N-ethyl adjacent to an activating group) is 1. The molecule has 7 nitrogen and oxygen atoms in total. The lowest BCUT2D eigenvalue weighted by molar-refractivity contribution is -0.385. The largest absolute Gasteiger partial charge is 0.360 e. The van der Waals surface area contributed by atoms with Gasteiger partial charge < -0.3 is 10.2 Å². The minimum atomic E-state index is -0.535. The highest BCUT2D eigenvalue weighted by Gasteiger charge is 2.11. The topological polar surface area (TPSA) is 88.4 Å². The van der Waals surface area contributed by atoms with Gasteiger partial charge in [0.15, 0.2) is 0 Å². The minimum Gasteiger partial charge on any atom is -0.360 e. The van der Waals surface area contributed by atoms with Crippen LogP contribution in [0.4, 0.5) is 11.5 Å². The van der Waals surface area contributed by atoms with Gasteiger partial charge in [0.05, 0.1) is 15.9 Å². The van der Waals surface area contributed by atoms with Crippen LogP contribution in [-0.4, -0.2) is 41.4 Å². The summed E-state index contributed by atoms with van der Waals surface area (Å²) in [6, 6.07) is 1.33. The van der Waals surface area contributed by atoms with Crippen LogP contribution in [0.15, 0.2) is 16.7 Å². The van der Waals surface area contributed by atoms with Crippen LogP contribution in [0.1, 0.15) is 0 Å². The van der Waals surface area contributed by atoms with E-state index < -0.39 is 4.92 Å². The van der Waals surface area contributed by atoms with Crippen molar-refractivity contribution >= 4 is 33.3 Å². The van der Waals surface area contributed by atoms with Crippen molar-refractivity contribution in [2.45, 2.75) is 0 Å². The molecule has 0 aromatic carbocycles. The molecule has 17 heavy (non-hydrogen) atoms.